The first-order valence-corrected chi connectivity index (χ1v) is 9.18. The molecule has 0 bridgehead atoms. The molecule has 2 aromatic heterocycles. The lowest BCUT2D eigenvalue weighted by Crippen LogP contribution is -2.33. The highest BCUT2D eigenvalue weighted by Gasteiger charge is 2.20. The molecule has 6 heteroatoms. The monoisotopic (exact) mass is 337 g/mol. The number of carbonyl (C=O) groups excluding carboxylic acids is 1. The van der Waals surface area contributed by atoms with Gasteiger partial charge in [-0.2, -0.15) is 0 Å². The number of hydrogen-bond donors (Lipinski definition) is 1. The maximum absolute atomic E-state index is 12.2. The van der Waals surface area contributed by atoms with Crippen LogP contribution in [0, 0.1) is 26.7 Å². The molecule has 0 saturated heterocycles. The minimum absolute atomic E-state index is 0.0627. The van der Waals surface area contributed by atoms with Gasteiger partial charge in [-0.15, -0.1) is 11.3 Å². The van der Waals surface area contributed by atoms with Gasteiger partial charge in [-0.05, 0) is 39.2 Å². The number of fused-ring (bicyclic) bond motifs is 1. The van der Waals surface area contributed by atoms with E-state index in [1.165, 1.54) is 22.2 Å². The Bertz CT molecular complexity index is 694. The van der Waals surface area contributed by atoms with E-state index in [9.17, 15) is 4.79 Å². The lowest BCUT2D eigenvalue weighted by molar-refractivity contribution is -0.120. The number of aromatic nitrogens is 2. The number of rotatable bonds is 5. The van der Waals surface area contributed by atoms with Gasteiger partial charge < -0.3 is 5.32 Å². The Balaban J connectivity index is 2.25. The fourth-order valence-electron chi connectivity index (χ4n) is 2.07. The number of hydrogen-bond acceptors (Lipinski definition) is 5. The van der Waals surface area contributed by atoms with Gasteiger partial charge >= 0.3 is 0 Å². The highest BCUT2D eigenvalue weighted by molar-refractivity contribution is 8.00. The molecule has 4 nitrogen and oxygen atoms in total. The number of aryl methyl sites for hydroxylation is 3. The second-order valence-corrected chi connectivity index (χ2v) is 8.47. The molecule has 0 unspecified atom stereocenters. The molecule has 1 N–H and O–H groups in total. The zero-order valence-electron chi connectivity index (χ0n) is 14.0. The molecule has 0 radical (unpaired) electrons. The lowest BCUT2D eigenvalue weighted by atomic mass is 10.2. The zero-order valence-corrected chi connectivity index (χ0v) is 15.6. The molecule has 0 spiro atoms. The van der Waals surface area contributed by atoms with E-state index in [1.54, 1.807) is 11.3 Å². The summed E-state index contributed by atoms with van der Waals surface area (Å²) in [6, 6.07) is 0. The normalized spacial score (nSPS) is 12.9. The second-order valence-electron chi connectivity index (χ2n) is 5.94. The predicted octanol–water partition coefficient (Wildman–Crippen LogP) is 3.87. The van der Waals surface area contributed by atoms with E-state index >= 15 is 0 Å². The van der Waals surface area contributed by atoms with Crippen LogP contribution in [-0.2, 0) is 4.79 Å². The summed E-state index contributed by atoms with van der Waals surface area (Å²) < 4.78 is 0. The SMILES string of the molecule is Cc1nc(S[C@H](C)C(=O)NCC(C)C)c2c(C)c(C)sc2n1. The first kappa shape index (κ1) is 17.2. The molecule has 1 atom stereocenters. The van der Waals surface area contributed by atoms with Crippen LogP contribution in [0.5, 0.6) is 0 Å². The van der Waals surface area contributed by atoms with Crippen molar-refractivity contribution in [1.82, 2.24) is 15.3 Å². The average molecular weight is 338 g/mol. The van der Waals surface area contributed by atoms with E-state index in [2.05, 4.69) is 43.0 Å². The average Bonchev–Trinajstić information content (AvgIpc) is 2.70. The number of thioether (sulfide) groups is 1. The Morgan fingerprint density at radius 1 is 1.23 bits per heavy atom. The summed E-state index contributed by atoms with van der Waals surface area (Å²) in [5.74, 6) is 1.27. The van der Waals surface area contributed by atoms with Crippen molar-refractivity contribution < 1.29 is 4.79 Å². The van der Waals surface area contributed by atoms with Crippen molar-refractivity contribution in [2.75, 3.05) is 6.54 Å². The number of carbonyl (C=O) groups is 1. The zero-order chi connectivity index (χ0) is 16.4. The summed E-state index contributed by atoms with van der Waals surface area (Å²) in [5.41, 5.74) is 1.22. The number of thiophene rings is 1. The molecule has 1 amide bonds. The van der Waals surface area contributed by atoms with Crippen LogP contribution in [0.1, 0.15) is 37.0 Å². The molecule has 0 aliphatic carbocycles. The second kappa shape index (κ2) is 6.96. The van der Waals surface area contributed by atoms with Crippen LogP contribution in [0.2, 0.25) is 0 Å². The van der Waals surface area contributed by atoms with Crippen molar-refractivity contribution in [3.63, 3.8) is 0 Å². The van der Waals surface area contributed by atoms with E-state index in [1.807, 2.05) is 13.8 Å². The minimum Gasteiger partial charge on any atom is -0.355 e. The third-order valence-electron chi connectivity index (χ3n) is 3.45. The van der Waals surface area contributed by atoms with Gasteiger partial charge in [0.25, 0.3) is 0 Å². The van der Waals surface area contributed by atoms with Crippen molar-refractivity contribution in [2.24, 2.45) is 5.92 Å². The summed E-state index contributed by atoms with van der Waals surface area (Å²) in [6.07, 6.45) is 0. The van der Waals surface area contributed by atoms with E-state index in [-0.39, 0.29) is 11.2 Å². The van der Waals surface area contributed by atoms with Crippen molar-refractivity contribution in [3.05, 3.63) is 16.3 Å². The van der Waals surface area contributed by atoms with Gasteiger partial charge in [0.15, 0.2) is 0 Å². The van der Waals surface area contributed by atoms with E-state index in [0.29, 0.717) is 12.5 Å². The maximum Gasteiger partial charge on any atom is 0.233 e. The van der Waals surface area contributed by atoms with Crippen LogP contribution in [-0.4, -0.2) is 27.7 Å². The summed E-state index contributed by atoms with van der Waals surface area (Å²) in [4.78, 5) is 23.6. The van der Waals surface area contributed by atoms with Crippen LogP contribution >= 0.6 is 23.1 Å². The van der Waals surface area contributed by atoms with Gasteiger partial charge in [0.2, 0.25) is 5.91 Å². The Morgan fingerprint density at radius 2 is 1.91 bits per heavy atom. The summed E-state index contributed by atoms with van der Waals surface area (Å²) in [5, 5.41) is 4.83. The molecule has 2 rings (SSSR count). The third-order valence-corrected chi connectivity index (χ3v) is 5.64. The van der Waals surface area contributed by atoms with Crippen molar-refractivity contribution in [2.45, 2.75) is 51.8 Å². The number of nitrogens with zero attached hydrogens (tertiary/aromatic N) is 2. The van der Waals surface area contributed by atoms with Gasteiger partial charge in [0.05, 0.1) is 5.25 Å². The molecule has 0 fully saturated rings. The van der Waals surface area contributed by atoms with Crippen molar-refractivity contribution in [1.29, 1.82) is 0 Å². The molecule has 2 aromatic rings. The molecule has 0 aliphatic rings. The quantitative estimate of drug-likeness (QED) is 0.665. The molecule has 120 valence electrons. The fourth-order valence-corrected chi connectivity index (χ4v) is 4.29. The van der Waals surface area contributed by atoms with Crippen LogP contribution in [0.15, 0.2) is 5.03 Å². The topological polar surface area (TPSA) is 54.9 Å². The summed E-state index contributed by atoms with van der Waals surface area (Å²) in [7, 11) is 0. The van der Waals surface area contributed by atoms with E-state index in [0.717, 1.165) is 21.1 Å². The van der Waals surface area contributed by atoms with Gasteiger partial charge in [0, 0.05) is 16.8 Å². The molecule has 0 aliphatic heterocycles. The number of amides is 1. The highest BCUT2D eigenvalue weighted by atomic mass is 32.2. The van der Waals surface area contributed by atoms with Crippen LogP contribution < -0.4 is 5.32 Å². The van der Waals surface area contributed by atoms with Crippen molar-refractivity contribution >= 4 is 39.2 Å². The molecule has 0 saturated carbocycles. The van der Waals surface area contributed by atoms with Gasteiger partial charge in [-0.1, -0.05) is 25.6 Å². The fraction of sp³-hybridized carbons (Fsp3) is 0.562. The molecule has 0 aromatic carbocycles. The molecular formula is C16H23N3OS2. The first-order valence-electron chi connectivity index (χ1n) is 7.48. The van der Waals surface area contributed by atoms with Crippen LogP contribution in [0.3, 0.4) is 0 Å². The maximum atomic E-state index is 12.2. The van der Waals surface area contributed by atoms with Gasteiger partial charge in [-0.3, -0.25) is 4.79 Å². The van der Waals surface area contributed by atoms with E-state index in [4.69, 9.17) is 0 Å². The smallest absolute Gasteiger partial charge is 0.233 e. The highest BCUT2D eigenvalue weighted by Crippen LogP contribution is 2.36. The largest absolute Gasteiger partial charge is 0.355 e. The van der Waals surface area contributed by atoms with Crippen LogP contribution in [0.25, 0.3) is 10.2 Å². The summed E-state index contributed by atoms with van der Waals surface area (Å²) in [6.45, 7) is 12.9. The van der Waals surface area contributed by atoms with Gasteiger partial charge in [0.1, 0.15) is 15.7 Å². The van der Waals surface area contributed by atoms with Crippen molar-refractivity contribution in [3.8, 4) is 0 Å². The molecule has 22 heavy (non-hydrogen) atoms. The standard InChI is InChI=1S/C16H23N3OS2/c1-8(2)7-17-14(20)11(5)22-16-13-9(3)10(4)21-15(13)18-12(6)19-16/h8,11H,7H2,1-6H3,(H,17,20)/t11-/m1/s1. The Labute approximate surface area is 140 Å². The Morgan fingerprint density at radius 3 is 2.55 bits per heavy atom. The van der Waals surface area contributed by atoms with E-state index < -0.39 is 0 Å². The Kier molecular flexibility index (Phi) is 5.45. The third kappa shape index (κ3) is 3.79. The first-order chi connectivity index (χ1) is 10.3. The Hall–Kier alpha value is -1.14. The molecule has 2 heterocycles. The number of nitrogens with one attached hydrogen (secondary N) is 1. The minimum atomic E-state index is -0.171. The van der Waals surface area contributed by atoms with Crippen LogP contribution in [0.4, 0.5) is 0 Å². The lowest BCUT2D eigenvalue weighted by Gasteiger charge is -2.14. The summed E-state index contributed by atoms with van der Waals surface area (Å²) >= 11 is 3.21. The molecular weight excluding hydrogens is 314 g/mol. The van der Waals surface area contributed by atoms with Gasteiger partial charge in [-0.25, -0.2) is 9.97 Å². The predicted molar refractivity (Wildman–Crippen MR) is 94.8 cm³/mol.